The molecule has 2 aliphatic heterocycles. The van der Waals surface area contributed by atoms with E-state index in [2.05, 4.69) is 20.9 Å². The van der Waals surface area contributed by atoms with Crippen LogP contribution in [0.2, 0.25) is 0 Å². The third kappa shape index (κ3) is 4.02. The Morgan fingerprint density at radius 2 is 2.00 bits per heavy atom. The number of rotatable bonds is 6. The molecule has 0 radical (unpaired) electrons. The van der Waals surface area contributed by atoms with Crippen molar-refractivity contribution in [1.29, 1.82) is 0 Å². The molecule has 1 unspecified atom stereocenters. The van der Waals surface area contributed by atoms with Crippen LogP contribution in [0.1, 0.15) is 34.5 Å². The van der Waals surface area contributed by atoms with Crippen LogP contribution in [0.25, 0.3) is 16.9 Å². The van der Waals surface area contributed by atoms with Gasteiger partial charge < -0.3 is 14.6 Å². The lowest BCUT2D eigenvalue weighted by atomic mass is 10.0. The van der Waals surface area contributed by atoms with Crippen molar-refractivity contribution in [1.82, 2.24) is 25.2 Å². The van der Waals surface area contributed by atoms with Gasteiger partial charge in [-0.25, -0.2) is 4.68 Å². The van der Waals surface area contributed by atoms with Gasteiger partial charge in [-0.1, -0.05) is 17.3 Å². The van der Waals surface area contributed by atoms with E-state index in [0.29, 0.717) is 30.8 Å². The highest BCUT2D eigenvalue weighted by Crippen LogP contribution is 2.29. The maximum Gasteiger partial charge on any atom is 0.255 e. The first-order chi connectivity index (χ1) is 17.5. The second-order valence-corrected chi connectivity index (χ2v) is 8.80. The van der Waals surface area contributed by atoms with Gasteiger partial charge in [-0.05, 0) is 54.4 Å². The summed E-state index contributed by atoms with van der Waals surface area (Å²) >= 11 is 0. The molecule has 0 bridgehead atoms. The topological polar surface area (TPSA) is 122 Å². The highest BCUT2D eigenvalue weighted by Gasteiger charge is 2.39. The molecular weight excluding hydrogens is 460 g/mol. The van der Waals surface area contributed by atoms with Gasteiger partial charge in [0, 0.05) is 29.8 Å². The van der Waals surface area contributed by atoms with Crippen molar-refractivity contribution in [2.45, 2.75) is 32.0 Å². The Morgan fingerprint density at radius 1 is 1.08 bits per heavy atom. The number of piperidine rings is 1. The molecular formula is C26H22N6O4. The molecule has 6 rings (SSSR count). The first-order valence-electron chi connectivity index (χ1n) is 11.6. The Balaban J connectivity index is 1.19. The fourth-order valence-electron chi connectivity index (χ4n) is 4.62. The number of nitrogens with one attached hydrogen (secondary N) is 2. The van der Waals surface area contributed by atoms with Gasteiger partial charge in [0.05, 0.1) is 24.7 Å². The van der Waals surface area contributed by atoms with Crippen molar-refractivity contribution in [3.05, 3.63) is 83.9 Å². The summed E-state index contributed by atoms with van der Waals surface area (Å²) in [6.07, 6.45) is 4.04. The molecule has 36 heavy (non-hydrogen) atoms. The van der Waals surface area contributed by atoms with Gasteiger partial charge in [0.2, 0.25) is 11.8 Å². The molecule has 0 aliphatic carbocycles. The first-order valence-corrected chi connectivity index (χ1v) is 11.6. The number of amides is 3. The SMILES string of the molecule is O=C1CCC(N2Cc3cc(-n4cc(-c5cccc(NCc6ccco6)c5)nn4)ccc3C2=O)C(=O)N1. The van der Waals surface area contributed by atoms with Crippen molar-refractivity contribution in [3.8, 4) is 16.9 Å². The monoisotopic (exact) mass is 482 g/mol. The number of nitrogens with zero attached hydrogens (tertiary/aromatic N) is 4. The van der Waals surface area contributed by atoms with Crippen LogP contribution in [0.15, 0.2) is 71.5 Å². The van der Waals surface area contributed by atoms with E-state index in [0.717, 1.165) is 28.3 Å². The molecule has 2 N–H and O–H groups in total. The number of carbonyl (C=O) groups is 3. The van der Waals surface area contributed by atoms with E-state index < -0.39 is 11.9 Å². The minimum Gasteiger partial charge on any atom is -0.467 e. The Morgan fingerprint density at radius 3 is 2.83 bits per heavy atom. The molecule has 10 nitrogen and oxygen atoms in total. The summed E-state index contributed by atoms with van der Waals surface area (Å²) in [6.45, 7) is 0.881. The van der Waals surface area contributed by atoms with Crippen molar-refractivity contribution >= 4 is 23.4 Å². The fourth-order valence-corrected chi connectivity index (χ4v) is 4.62. The van der Waals surface area contributed by atoms with Crippen molar-refractivity contribution < 1.29 is 18.8 Å². The van der Waals surface area contributed by atoms with Gasteiger partial charge in [0.15, 0.2) is 0 Å². The fraction of sp³-hybridized carbons (Fsp3) is 0.192. The minimum absolute atomic E-state index is 0.204. The van der Waals surface area contributed by atoms with E-state index in [1.165, 1.54) is 4.90 Å². The molecule has 10 heteroatoms. The highest BCUT2D eigenvalue weighted by molar-refractivity contribution is 6.05. The Hall–Kier alpha value is -4.73. The summed E-state index contributed by atoms with van der Waals surface area (Å²) in [5.74, 6) is -0.0836. The van der Waals surface area contributed by atoms with Crippen LogP contribution in [0.3, 0.4) is 0 Å². The van der Waals surface area contributed by atoms with E-state index in [1.54, 1.807) is 17.0 Å². The summed E-state index contributed by atoms with van der Waals surface area (Å²) in [4.78, 5) is 38.2. The van der Waals surface area contributed by atoms with Crippen molar-refractivity contribution in [2.75, 3.05) is 5.32 Å². The lowest BCUT2D eigenvalue weighted by molar-refractivity contribution is -0.136. The van der Waals surface area contributed by atoms with Gasteiger partial charge in [-0.15, -0.1) is 5.10 Å². The van der Waals surface area contributed by atoms with Gasteiger partial charge >= 0.3 is 0 Å². The zero-order valence-electron chi connectivity index (χ0n) is 19.2. The average molecular weight is 483 g/mol. The number of fused-ring (bicyclic) bond motifs is 1. The van der Waals surface area contributed by atoms with E-state index in [9.17, 15) is 14.4 Å². The lowest BCUT2D eigenvalue weighted by Crippen LogP contribution is -2.52. The number of anilines is 1. The smallest absolute Gasteiger partial charge is 0.255 e. The van der Waals surface area contributed by atoms with E-state index >= 15 is 0 Å². The third-order valence-electron chi connectivity index (χ3n) is 6.47. The van der Waals surface area contributed by atoms with Gasteiger partial charge in [0.25, 0.3) is 5.91 Å². The summed E-state index contributed by atoms with van der Waals surface area (Å²) < 4.78 is 7.03. The standard InChI is InChI=1S/C26H22N6O4/c33-24-9-8-23(25(34)28-24)31-14-17-12-19(6-7-21(17)26(31)35)32-15-22(29-30-32)16-3-1-4-18(11-16)27-13-20-5-2-10-36-20/h1-7,10-12,15,23,27H,8-9,13-14H2,(H,28,33,34). The summed E-state index contributed by atoms with van der Waals surface area (Å²) in [5, 5.41) is 14.3. The number of carbonyl (C=O) groups excluding carboxylic acids is 3. The number of hydrogen-bond acceptors (Lipinski definition) is 7. The van der Waals surface area contributed by atoms with Crippen molar-refractivity contribution in [2.24, 2.45) is 0 Å². The highest BCUT2D eigenvalue weighted by atomic mass is 16.3. The first kappa shape index (κ1) is 21.8. The van der Waals surface area contributed by atoms with Crippen LogP contribution in [-0.4, -0.2) is 43.7 Å². The number of furan rings is 1. The van der Waals surface area contributed by atoms with Crippen LogP contribution < -0.4 is 10.6 Å². The van der Waals surface area contributed by atoms with Gasteiger partial charge in [0.1, 0.15) is 17.5 Å². The van der Waals surface area contributed by atoms with Crippen LogP contribution in [0.5, 0.6) is 0 Å². The van der Waals surface area contributed by atoms with E-state index in [-0.39, 0.29) is 18.2 Å². The number of imide groups is 1. The van der Waals surface area contributed by atoms with Crippen LogP contribution in [0, 0.1) is 0 Å². The van der Waals surface area contributed by atoms with E-state index in [1.807, 2.05) is 54.7 Å². The largest absolute Gasteiger partial charge is 0.467 e. The number of benzene rings is 2. The molecule has 180 valence electrons. The van der Waals surface area contributed by atoms with Gasteiger partial charge in [-0.2, -0.15) is 0 Å². The normalized spacial score (nSPS) is 17.3. The molecule has 2 aliphatic rings. The predicted octanol–water partition coefficient (Wildman–Crippen LogP) is 2.90. The Kier molecular flexibility index (Phi) is 5.33. The summed E-state index contributed by atoms with van der Waals surface area (Å²) in [6, 6.07) is 16.5. The molecule has 1 fully saturated rings. The average Bonchev–Trinajstić information content (AvgIpc) is 3.64. The van der Waals surface area contributed by atoms with Gasteiger partial charge in [-0.3, -0.25) is 19.7 Å². The molecule has 4 aromatic rings. The Bertz CT molecular complexity index is 1480. The van der Waals surface area contributed by atoms with Crippen LogP contribution in [-0.2, 0) is 22.7 Å². The second-order valence-electron chi connectivity index (χ2n) is 8.80. The molecule has 4 heterocycles. The predicted molar refractivity (Wildman–Crippen MR) is 129 cm³/mol. The lowest BCUT2D eigenvalue weighted by Gasteiger charge is -2.29. The van der Waals surface area contributed by atoms with Crippen molar-refractivity contribution in [3.63, 3.8) is 0 Å². The molecule has 1 atom stereocenters. The molecule has 0 spiro atoms. The molecule has 0 saturated carbocycles. The Labute approximate surface area is 205 Å². The maximum atomic E-state index is 12.9. The molecule has 2 aromatic carbocycles. The summed E-state index contributed by atoms with van der Waals surface area (Å²) in [5.41, 5.74) is 4.67. The third-order valence-corrected chi connectivity index (χ3v) is 6.47. The number of aromatic nitrogens is 3. The molecule has 3 amide bonds. The van der Waals surface area contributed by atoms with Crippen LogP contribution in [0.4, 0.5) is 5.69 Å². The number of hydrogen-bond donors (Lipinski definition) is 2. The molecule has 1 saturated heterocycles. The summed E-state index contributed by atoms with van der Waals surface area (Å²) in [7, 11) is 0. The van der Waals surface area contributed by atoms with E-state index in [4.69, 9.17) is 4.42 Å². The zero-order valence-corrected chi connectivity index (χ0v) is 19.2. The zero-order chi connectivity index (χ0) is 24.6. The molecule has 2 aromatic heterocycles. The maximum absolute atomic E-state index is 12.9. The minimum atomic E-state index is -0.641. The van der Waals surface area contributed by atoms with Crippen LogP contribution >= 0.6 is 0 Å². The quantitative estimate of drug-likeness (QED) is 0.405. The second kappa shape index (κ2) is 8.81.